The van der Waals surface area contributed by atoms with Gasteiger partial charge in [-0.1, -0.05) is 30.3 Å². The minimum atomic E-state index is -4.35. The van der Waals surface area contributed by atoms with Gasteiger partial charge in [0.2, 0.25) is 0 Å². The maximum absolute atomic E-state index is 13.1. The first-order valence-electron chi connectivity index (χ1n) is 9.26. The Labute approximate surface area is 161 Å². The normalized spacial score (nSPS) is 23.7. The summed E-state index contributed by atoms with van der Waals surface area (Å²) in [6.07, 6.45) is -3.51. The summed E-state index contributed by atoms with van der Waals surface area (Å²) in [5, 5.41) is 0. The van der Waals surface area contributed by atoms with Crippen molar-refractivity contribution in [1.82, 2.24) is 0 Å². The van der Waals surface area contributed by atoms with Crippen molar-refractivity contribution >= 4 is 11.5 Å². The molecule has 4 nitrogen and oxygen atoms in total. The fourth-order valence-corrected chi connectivity index (χ4v) is 3.80. The van der Waals surface area contributed by atoms with Gasteiger partial charge in [0.15, 0.2) is 0 Å². The first-order valence-corrected chi connectivity index (χ1v) is 9.26. The number of nitrogens with zero attached hydrogens (tertiary/aromatic N) is 2. The number of epoxide rings is 1. The van der Waals surface area contributed by atoms with E-state index in [0.29, 0.717) is 24.5 Å². The standard InChI is InChI=1S/C21H22F3N3O/c1-13-9-15(21(22,23)24)7-8-17(13)27(11-14-5-3-2-4-6-14)12-16-10-18-19(28-18)20(25)26-16/h2-9,16,18-19H,10-12H2,1H3,(H2,25,26)/t16-,18?,19?/m1/s1. The highest BCUT2D eigenvalue weighted by atomic mass is 19.4. The zero-order valence-electron chi connectivity index (χ0n) is 15.5. The summed E-state index contributed by atoms with van der Waals surface area (Å²) in [6.45, 7) is 2.85. The Kier molecular flexibility index (Phi) is 4.79. The lowest BCUT2D eigenvalue weighted by Gasteiger charge is -2.30. The predicted molar refractivity (Wildman–Crippen MR) is 102 cm³/mol. The Bertz CT molecular complexity index is 882. The minimum Gasteiger partial charge on any atom is -0.385 e. The first-order chi connectivity index (χ1) is 13.3. The van der Waals surface area contributed by atoms with E-state index in [1.165, 1.54) is 6.07 Å². The molecular formula is C21H22F3N3O. The number of benzene rings is 2. The number of anilines is 1. The second-order valence-electron chi connectivity index (χ2n) is 7.40. The molecule has 1 fully saturated rings. The van der Waals surface area contributed by atoms with Crippen molar-refractivity contribution in [3.63, 3.8) is 0 Å². The first kappa shape index (κ1) is 18.8. The van der Waals surface area contributed by atoms with Crippen LogP contribution in [-0.2, 0) is 17.5 Å². The van der Waals surface area contributed by atoms with Crippen molar-refractivity contribution in [2.24, 2.45) is 10.7 Å². The number of aliphatic imine (C=N–C) groups is 1. The highest BCUT2D eigenvalue weighted by Gasteiger charge is 2.46. The van der Waals surface area contributed by atoms with Crippen LogP contribution in [0.5, 0.6) is 0 Å². The molecule has 0 amide bonds. The van der Waals surface area contributed by atoms with Crippen molar-refractivity contribution < 1.29 is 17.9 Å². The number of aryl methyl sites for hydroxylation is 1. The number of amidine groups is 1. The van der Waals surface area contributed by atoms with Crippen LogP contribution in [0.2, 0.25) is 0 Å². The van der Waals surface area contributed by atoms with Crippen molar-refractivity contribution in [3.8, 4) is 0 Å². The van der Waals surface area contributed by atoms with Crippen molar-refractivity contribution in [2.45, 2.75) is 44.3 Å². The van der Waals surface area contributed by atoms with E-state index < -0.39 is 11.7 Å². The molecule has 2 aliphatic heterocycles. The summed E-state index contributed by atoms with van der Waals surface area (Å²) in [6, 6.07) is 13.7. The topological polar surface area (TPSA) is 54.1 Å². The second-order valence-corrected chi connectivity index (χ2v) is 7.40. The molecule has 4 rings (SSSR count). The Hall–Kier alpha value is -2.54. The second kappa shape index (κ2) is 7.13. The molecule has 0 aromatic heterocycles. The summed E-state index contributed by atoms with van der Waals surface area (Å²) >= 11 is 0. The van der Waals surface area contributed by atoms with E-state index in [2.05, 4.69) is 9.89 Å². The molecule has 2 unspecified atom stereocenters. The molecule has 0 saturated carbocycles. The van der Waals surface area contributed by atoms with Gasteiger partial charge in [0.05, 0.1) is 17.7 Å². The summed E-state index contributed by atoms with van der Waals surface area (Å²) in [5.41, 5.74) is 7.75. The van der Waals surface area contributed by atoms with Crippen LogP contribution in [0.15, 0.2) is 53.5 Å². The zero-order chi connectivity index (χ0) is 19.9. The van der Waals surface area contributed by atoms with E-state index in [1.54, 1.807) is 13.0 Å². The predicted octanol–water partition coefficient (Wildman–Crippen LogP) is 3.92. The monoisotopic (exact) mass is 389 g/mol. The smallest absolute Gasteiger partial charge is 0.385 e. The third-order valence-corrected chi connectivity index (χ3v) is 5.22. The van der Waals surface area contributed by atoms with E-state index in [0.717, 1.165) is 23.7 Å². The van der Waals surface area contributed by atoms with Crippen LogP contribution in [0.3, 0.4) is 0 Å². The summed E-state index contributed by atoms with van der Waals surface area (Å²) in [4.78, 5) is 6.62. The molecule has 3 atom stereocenters. The molecule has 0 radical (unpaired) electrons. The largest absolute Gasteiger partial charge is 0.416 e. The van der Waals surface area contributed by atoms with Crippen LogP contribution in [0.4, 0.5) is 18.9 Å². The van der Waals surface area contributed by atoms with Gasteiger partial charge in [0.25, 0.3) is 0 Å². The molecule has 148 valence electrons. The molecule has 1 saturated heterocycles. The molecule has 2 aromatic carbocycles. The number of nitrogens with two attached hydrogens (primary N) is 1. The van der Waals surface area contributed by atoms with Gasteiger partial charge in [-0.25, -0.2) is 0 Å². The lowest BCUT2D eigenvalue weighted by atomic mass is 10.0. The van der Waals surface area contributed by atoms with Crippen molar-refractivity contribution in [3.05, 3.63) is 65.2 Å². The van der Waals surface area contributed by atoms with Gasteiger partial charge in [-0.3, -0.25) is 4.99 Å². The summed E-state index contributed by atoms with van der Waals surface area (Å²) in [5.74, 6) is 0.519. The van der Waals surface area contributed by atoms with E-state index >= 15 is 0 Å². The van der Waals surface area contributed by atoms with Crippen LogP contribution in [0, 0.1) is 6.92 Å². The van der Waals surface area contributed by atoms with E-state index in [4.69, 9.17) is 10.5 Å². The van der Waals surface area contributed by atoms with Crippen LogP contribution in [0.25, 0.3) is 0 Å². The number of hydrogen-bond donors (Lipinski definition) is 1. The highest BCUT2D eigenvalue weighted by molar-refractivity contribution is 5.88. The van der Waals surface area contributed by atoms with Gasteiger partial charge in [-0.15, -0.1) is 0 Å². The van der Waals surface area contributed by atoms with Gasteiger partial charge in [-0.05, 0) is 36.2 Å². The molecule has 0 aliphatic carbocycles. The van der Waals surface area contributed by atoms with Crippen LogP contribution >= 0.6 is 0 Å². The third kappa shape index (κ3) is 3.99. The van der Waals surface area contributed by atoms with Gasteiger partial charge < -0.3 is 15.4 Å². The van der Waals surface area contributed by atoms with E-state index in [-0.39, 0.29) is 18.2 Å². The molecule has 2 N–H and O–H groups in total. The number of fused-ring (bicyclic) bond motifs is 1. The minimum absolute atomic E-state index is 0.0471. The van der Waals surface area contributed by atoms with E-state index in [1.807, 2.05) is 30.3 Å². The molecule has 0 bridgehead atoms. The quantitative estimate of drug-likeness (QED) is 0.789. The number of rotatable bonds is 5. The molecule has 2 aromatic rings. The third-order valence-electron chi connectivity index (χ3n) is 5.22. The van der Waals surface area contributed by atoms with Crippen LogP contribution in [0.1, 0.15) is 23.1 Å². The fraction of sp³-hybridized carbons (Fsp3) is 0.381. The molecule has 7 heteroatoms. The Balaban J connectivity index is 1.62. The zero-order valence-corrected chi connectivity index (χ0v) is 15.5. The molecule has 0 spiro atoms. The molecular weight excluding hydrogens is 367 g/mol. The van der Waals surface area contributed by atoms with E-state index in [9.17, 15) is 13.2 Å². The maximum Gasteiger partial charge on any atom is 0.416 e. The average Bonchev–Trinajstić information content (AvgIpc) is 3.41. The molecule has 2 heterocycles. The maximum atomic E-state index is 13.1. The average molecular weight is 389 g/mol. The SMILES string of the molecule is Cc1cc(C(F)(F)F)ccc1N(Cc1ccccc1)C[C@H]1CC2OC2C(N)=N1. The van der Waals surface area contributed by atoms with Gasteiger partial charge in [0, 0.05) is 25.2 Å². The molecule has 28 heavy (non-hydrogen) atoms. The van der Waals surface area contributed by atoms with Gasteiger partial charge >= 0.3 is 6.18 Å². The highest BCUT2D eigenvalue weighted by Crippen LogP contribution is 2.35. The van der Waals surface area contributed by atoms with Gasteiger partial charge in [-0.2, -0.15) is 13.2 Å². The van der Waals surface area contributed by atoms with Crippen LogP contribution in [-0.4, -0.2) is 30.6 Å². The lowest BCUT2D eigenvalue weighted by molar-refractivity contribution is -0.137. The summed E-state index contributed by atoms with van der Waals surface area (Å²) < 4.78 is 44.7. The Morgan fingerprint density at radius 1 is 1.18 bits per heavy atom. The number of alkyl halides is 3. The lowest BCUT2D eigenvalue weighted by Crippen LogP contribution is -2.37. The van der Waals surface area contributed by atoms with Crippen LogP contribution < -0.4 is 10.6 Å². The van der Waals surface area contributed by atoms with Gasteiger partial charge in [0.1, 0.15) is 11.9 Å². The number of ether oxygens (including phenoxy) is 1. The fourth-order valence-electron chi connectivity index (χ4n) is 3.80. The number of halogens is 3. The Morgan fingerprint density at radius 2 is 1.93 bits per heavy atom. The molecule has 2 aliphatic rings. The van der Waals surface area contributed by atoms with Crippen molar-refractivity contribution in [1.29, 1.82) is 0 Å². The van der Waals surface area contributed by atoms with Crippen molar-refractivity contribution in [2.75, 3.05) is 11.4 Å². The summed E-state index contributed by atoms with van der Waals surface area (Å²) in [7, 11) is 0. The number of hydrogen-bond acceptors (Lipinski definition) is 4. The Morgan fingerprint density at radius 3 is 2.57 bits per heavy atom.